The first-order valence-electron chi connectivity index (χ1n) is 7.15. The Morgan fingerprint density at radius 2 is 2.20 bits per heavy atom. The molecule has 1 aromatic carbocycles. The molecule has 1 aliphatic heterocycles. The maximum absolute atomic E-state index is 12.7. The van der Waals surface area contributed by atoms with Crippen LogP contribution in [0.4, 0.5) is 0 Å². The van der Waals surface area contributed by atoms with Crippen LogP contribution in [0, 0.1) is 6.92 Å². The lowest BCUT2D eigenvalue weighted by molar-refractivity contribution is 0.0667. The minimum absolute atomic E-state index is 0.0126. The molecule has 0 saturated carbocycles. The number of aryl methyl sites for hydroxylation is 1. The Balaban J connectivity index is 1.90. The van der Waals surface area contributed by atoms with Crippen molar-refractivity contribution in [3.05, 3.63) is 35.6 Å². The molecule has 0 aliphatic carbocycles. The molecule has 20 heavy (non-hydrogen) atoms. The summed E-state index contributed by atoms with van der Waals surface area (Å²) in [4.78, 5) is 14.6. The maximum Gasteiger partial charge on any atom is 0.289 e. The number of piperidine rings is 1. The van der Waals surface area contributed by atoms with Crippen LogP contribution in [0.25, 0.3) is 11.0 Å². The van der Waals surface area contributed by atoms with E-state index in [1.54, 1.807) is 0 Å². The second-order valence-corrected chi connectivity index (χ2v) is 5.43. The van der Waals surface area contributed by atoms with E-state index in [9.17, 15) is 4.79 Å². The largest absolute Gasteiger partial charge is 0.451 e. The molecular weight excluding hydrogens is 252 g/mol. The van der Waals surface area contributed by atoms with Crippen molar-refractivity contribution in [1.82, 2.24) is 10.2 Å². The number of carbonyl (C=O) groups is 1. The van der Waals surface area contributed by atoms with Gasteiger partial charge in [-0.2, -0.15) is 0 Å². The highest BCUT2D eigenvalue weighted by Crippen LogP contribution is 2.26. The average molecular weight is 272 g/mol. The van der Waals surface area contributed by atoms with E-state index in [1.807, 2.05) is 43.1 Å². The highest BCUT2D eigenvalue weighted by atomic mass is 16.3. The molecule has 1 fully saturated rings. The fourth-order valence-corrected chi connectivity index (χ4v) is 2.92. The average Bonchev–Trinajstić information content (AvgIpc) is 2.84. The van der Waals surface area contributed by atoms with Crippen molar-refractivity contribution in [1.29, 1.82) is 0 Å². The second kappa shape index (κ2) is 5.29. The van der Waals surface area contributed by atoms with Gasteiger partial charge in [0.25, 0.3) is 5.91 Å². The number of hydrogen-bond donors (Lipinski definition) is 1. The lowest BCUT2D eigenvalue weighted by Crippen LogP contribution is -2.47. The smallest absolute Gasteiger partial charge is 0.289 e. The highest BCUT2D eigenvalue weighted by Gasteiger charge is 2.27. The third kappa shape index (κ3) is 2.20. The van der Waals surface area contributed by atoms with E-state index < -0.39 is 0 Å². The van der Waals surface area contributed by atoms with Gasteiger partial charge in [0.15, 0.2) is 5.76 Å². The molecule has 106 valence electrons. The molecule has 1 amide bonds. The Morgan fingerprint density at radius 1 is 1.40 bits per heavy atom. The van der Waals surface area contributed by atoms with Gasteiger partial charge in [-0.1, -0.05) is 18.2 Å². The van der Waals surface area contributed by atoms with Crippen molar-refractivity contribution in [3.8, 4) is 0 Å². The zero-order valence-corrected chi connectivity index (χ0v) is 12.0. The molecule has 1 saturated heterocycles. The van der Waals surface area contributed by atoms with Crippen LogP contribution >= 0.6 is 0 Å². The number of likely N-dealkylation sites (N-methyl/N-ethyl adjacent to an activating group) is 1. The van der Waals surface area contributed by atoms with Gasteiger partial charge < -0.3 is 14.6 Å². The summed E-state index contributed by atoms with van der Waals surface area (Å²) in [6.07, 6.45) is 2.16. The number of nitrogens with one attached hydrogen (secondary N) is 1. The highest BCUT2D eigenvalue weighted by molar-refractivity contribution is 5.98. The third-order valence-electron chi connectivity index (χ3n) is 4.15. The van der Waals surface area contributed by atoms with Crippen LogP contribution in [0.1, 0.15) is 29.0 Å². The van der Waals surface area contributed by atoms with Gasteiger partial charge in [-0.3, -0.25) is 4.79 Å². The summed E-state index contributed by atoms with van der Waals surface area (Å²) < 4.78 is 5.77. The van der Waals surface area contributed by atoms with Gasteiger partial charge in [0, 0.05) is 30.1 Å². The van der Waals surface area contributed by atoms with Gasteiger partial charge in [-0.25, -0.2) is 0 Å². The van der Waals surface area contributed by atoms with E-state index in [1.165, 1.54) is 0 Å². The summed E-state index contributed by atoms with van der Waals surface area (Å²) in [5.74, 6) is 0.501. The lowest BCUT2D eigenvalue weighted by atomic mass is 10.0. The number of fused-ring (bicyclic) bond motifs is 1. The van der Waals surface area contributed by atoms with Crippen LogP contribution in [-0.2, 0) is 0 Å². The minimum Gasteiger partial charge on any atom is -0.451 e. The molecule has 1 N–H and O–H groups in total. The summed E-state index contributed by atoms with van der Waals surface area (Å²) in [5, 5.41) is 4.28. The summed E-state index contributed by atoms with van der Waals surface area (Å²) in [6.45, 7) is 3.53. The van der Waals surface area contributed by atoms with Crippen molar-refractivity contribution in [2.75, 3.05) is 20.1 Å². The first kappa shape index (κ1) is 13.2. The van der Waals surface area contributed by atoms with Crippen molar-refractivity contribution in [3.63, 3.8) is 0 Å². The zero-order chi connectivity index (χ0) is 14.1. The van der Waals surface area contributed by atoms with Gasteiger partial charge >= 0.3 is 0 Å². The first-order valence-corrected chi connectivity index (χ1v) is 7.15. The number of carbonyl (C=O) groups excluding carboxylic acids is 1. The monoisotopic (exact) mass is 272 g/mol. The normalized spacial score (nSPS) is 19.5. The van der Waals surface area contributed by atoms with Crippen molar-refractivity contribution >= 4 is 16.9 Å². The molecule has 1 unspecified atom stereocenters. The Kier molecular flexibility index (Phi) is 3.49. The molecule has 2 heterocycles. The predicted molar refractivity (Wildman–Crippen MR) is 78.9 cm³/mol. The van der Waals surface area contributed by atoms with Crippen LogP contribution in [0.5, 0.6) is 0 Å². The lowest BCUT2D eigenvalue weighted by Gasteiger charge is -2.32. The quantitative estimate of drug-likeness (QED) is 0.914. The third-order valence-corrected chi connectivity index (χ3v) is 4.15. The van der Waals surface area contributed by atoms with Crippen LogP contribution in [0.3, 0.4) is 0 Å². The number of para-hydroxylation sites is 1. The number of nitrogens with zero attached hydrogens (tertiary/aromatic N) is 1. The first-order chi connectivity index (χ1) is 9.70. The van der Waals surface area contributed by atoms with Crippen LogP contribution < -0.4 is 5.32 Å². The van der Waals surface area contributed by atoms with E-state index in [2.05, 4.69) is 5.32 Å². The zero-order valence-electron chi connectivity index (χ0n) is 12.0. The van der Waals surface area contributed by atoms with E-state index in [-0.39, 0.29) is 5.91 Å². The molecule has 2 aromatic rings. The Bertz CT molecular complexity index is 632. The number of likely N-dealkylation sites (tertiary alicyclic amines) is 1. The number of benzene rings is 1. The molecule has 0 radical (unpaired) electrons. The van der Waals surface area contributed by atoms with Crippen molar-refractivity contribution in [2.45, 2.75) is 25.8 Å². The second-order valence-electron chi connectivity index (χ2n) is 5.43. The fourth-order valence-electron chi connectivity index (χ4n) is 2.92. The summed E-state index contributed by atoms with van der Waals surface area (Å²) in [7, 11) is 1.95. The molecule has 1 atom stereocenters. The molecule has 1 aliphatic rings. The van der Waals surface area contributed by atoms with Gasteiger partial charge in [0.2, 0.25) is 0 Å². The van der Waals surface area contributed by atoms with Gasteiger partial charge in [-0.15, -0.1) is 0 Å². The summed E-state index contributed by atoms with van der Waals surface area (Å²) in [6, 6.07) is 8.19. The number of hydrogen-bond acceptors (Lipinski definition) is 3. The Hall–Kier alpha value is -1.81. The minimum atomic E-state index is 0.0126. The molecule has 1 aromatic heterocycles. The molecule has 4 heteroatoms. The fraction of sp³-hybridized carbons (Fsp3) is 0.438. The Morgan fingerprint density at radius 3 is 2.95 bits per heavy atom. The van der Waals surface area contributed by atoms with E-state index in [0.29, 0.717) is 11.8 Å². The molecule has 3 rings (SSSR count). The number of furan rings is 1. The van der Waals surface area contributed by atoms with Crippen LogP contribution in [0.15, 0.2) is 28.7 Å². The SMILES string of the molecule is CNC1CCCN(C(=O)c2oc3ccccc3c2C)C1. The van der Waals surface area contributed by atoms with E-state index >= 15 is 0 Å². The maximum atomic E-state index is 12.7. The standard InChI is InChI=1S/C16H20N2O2/c1-11-13-7-3-4-8-14(13)20-15(11)16(19)18-9-5-6-12(10-18)17-2/h3-4,7-8,12,17H,5-6,9-10H2,1-2H3. The molecule has 0 bridgehead atoms. The molecular formula is C16H20N2O2. The van der Waals surface area contributed by atoms with Crippen molar-refractivity contribution < 1.29 is 9.21 Å². The van der Waals surface area contributed by atoms with E-state index in [4.69, 9.17) is 4.42 Å². The summed E-state index contributed by atoms with van der Waals surface area (Å²) in [5.41, 5.74) is 1.73. The van der Waals surface area contributed by atoms with Gasteiger partial charge in [0.05, 0.1) is 0 Å². The van der Waals surface area contributed by atoms with Crippen LogP contribution in [0.2, 0.25) is 0 Å². The molecule has 0 spiro atoms. The predicted octanol–water partition coefficient (Wildman–Crippen LogP) is 2.57. The number of rotatable bonds is 2. The van der Waals surface area contributed by atoms with Gasteiger partial charge in [0.1, 0.15) is 5.58 Å². The van der Waals surface area contributed by atoms with Gasteiger partial charge in [-0.05, 0) is 32.9 Å². The number of amides is 1. The summed E-state index contributed by atoms with van der Waals surface area (Å²) >= 11 is 0. The van der Waals surface area contributed by atoms with Crippen molar-refractivity contribution in [2.24, 2.45) is 0 Å². The van der Waals surface area contributed by atoms with E-state index in [0.717, 1.165) is 42.5 Å². The van der Waals surface area contributed by atoms with Crippen LogP contribution in [-0.4, -0.2) is 37.0 Å². The topological polar surface area (TPSA) is 45.5 Å². The Labute approximate surface area is 118 Å². The molecule has 4 nitrogen and oxygen atoms in total.